The molecule has 0 aromatic heterocycles. The summed E-state index contributed by atoms with van der Waals surface area (Å²) < 4.78 is 14.8. The normalized spacial score (nSPS) is 11.5. The predicted molar refractivity (Wildman–Crippen MR) is 109 cm³/mol. The van der Waals surface area contributed by atoms with Gasteiger partial charge in [-0.2, -0.15) is 0 Å². The van der Waals surface area contributed by atoms with E-state index in [-0.39, 0.29) is 31.5 Å². The van der Waals surface area contributed by atoms with Crippen LogP contribution in [0.3, 0.4) is 0 Å². The van der Waals surface area contributed by atoms with Gasteiger partial charge in [-0.05, 0) is 37.0 Å². The van der Waals surface area contributed by atoms with E-state index in [1.54, 1.807) is 31.2 Å². The third-order valence-corrected chi connectivity index (χ3v) is 3.99. The van der Waals surface area contributed by atoms with Crippen molar-refractivity contribution < 1.29 is 33.4 Å². The van der Waals surface area contributed by atoms with Gasteiger partial charge in [-0.15, -0.1) is 0 Å². The van der Waals surface area contributed by atoms with Crippen molar-refractivity contribution in [2.75, 3.05) is 26.9 Å². The minimum Gasteiger partial charge on any atom is -0.465 e. The van der Waals surface area contributed by atoms with E-state index < -0.39 is 24.0 Å². The number of ether oxygens (including phenoxy) is 3. The van der Waals surface area contributed by atoms with Gasteiger partial charge in [-0.1, -0.05) is 26.0 Å². The second kappa shape index (κ2) is 13.3. The number of rotatable bonds is 12. The van der Waals surface area contributed by atoms with Crippen molar-refractivity contribution in [1.82, 2.24) is 10.6 Å². The van der Waals surface area contributed by atoms with Gasteiger partial charge in [0.25, 0.3) is 0 Å². The number of alkyl carbamates (subject to hydrolysis) is 1. The number of ketones is 1. The summed E-state index contributed by atoms with van der Waals surface area (Å²) >= 11 is 0. The third-order valence-electron chi connectivity index (χ3n) is 3.99. The first-order valence-corrected chi connectivity index (χ1v) is 9.74. The highest BCUT2D eigenvalue weighted by Gasteiger charge is 2.23. The Kier molecular flexibility index (Phi) is 11.1. The molecule has 0 fully saturated rings. The zero-order chi connectivity index (χ0) is 22.5. The second-order valence-corrected chi connectivity index (χ2v) is 6.98. The van der Waals surface area contributed by atoms with Crippen LogP contribution >= 0.6 is 0 Å². The molecule has 1 aromatic carbocycles. The minimum absolute atomic E-state index is 0.0316. The van der Waals surface area contributed by atoms with Crippen molar-refractivity contribution in [1.29, 1.82) is 0 Å². The maximum absolute atomic E-state index is 12.4. The lowest BCUT2D eigenvalue weighted by molar-refractivity contribution is -0.128. The molecule has 1 rings (SSSR count). The van der Waals surface area contributed by atoms with E-state index in [4.69, 9.17) is 9.47 Å². The van der Waals surface area contributed by atoms with Crippen molar-refractivity contribution >= 4 is 23.8 Å². The maximum Gasteiger partial charge on any atom is 0.408 e. The molecule has 0 bridgehead atoms. The van der Waals surface area contributed by atoms with Gasteiger partial charge in [0.2, 0.25) is 5.91 Å². The standard InChI is InChI=1S/C21H30N2O7/c1-5-29-13-17(24)11-22-19(25)18(10-14(2)3)23-21(27)30-12-15-6-8-16(9-7-15)20(26)28-4/h6-9,14,18H,5,10-13H2,1-4H3,(H,22,25)(H,23,27). The van der Waals surface area contributed by atoms with Crippen molar-refractivity contribution in [3.05, 3.63) is 35.4 Å². The molecule has 0 saturated heterocycles. The Morgan fingerprint density at radius 2 is 1.73 bits per heavy atom. The van der Waals surface area contributed by atoms with E-state index in [9.17, 15) is 19.2 Å². The Morgan fingerprint density at radius 1 is 1.07 bits per heavy atom. The lowest BCUT2D eigenvalue weighted by Gasteiger charge is -2.20. The smallest absolute Gasteiger partial charge is 0.408 e. The number of nitrogens with one attached hydrogen (secondary N) is 2. The number of hydrogen-bond donors (Lipinski definition) is 2. The van der Waals surface area contributed by atoms with Gasteiger partial charge in [0.15, 0.2) is 5.78 Å². The summed E-state index contributed by atoms with van der Waals surface area (Å²) in [7, 11) is 1.29. The third kappa shape index (κ3) is 9.51. The number of benzene rings is 1. The van der Waals surface area contributed by atoms with Crippen molar-refractivity contribution in [3.63, 3.8) is 0 Å². The molecule has 1 unspecified atom stereocenters. The van der Waals surface area contributed by atoms with Gasteiger partial charge >= 0.3 is 12.1 Å². The first-order chi connectivity index (χ1) is 14.3. The Balaban J connectivity index is 2.56. The van der Waals surface area contributed by atoms with Crippen molar-refractivity contribution in [3.8, 4) is 0 Å². The second-order valence-electron chi connectivity index (χ2n) is 6.98. The van der Waals surface area contributed by atoms with Crippen LogP contribution in [0.25, 0.3) is 0 Å². The molecule has 0 aliphatic carbocycles. The number of carbonyl (C=O) groups excluding carboxylic acids is 4. The van der Waals surface area contributed by atoms with Crippen LogP contribution in [0, 0.1) is 5.92 Å². The molecule has 9 heteroatoms. The molecule has 0 radical (unpaired) electrons. The molecule has 166 valence electrons. The first kappa shape index (κ1) is 25.1. The number of amides is 2. The largest absolute Gasteiger partial charge is 0.465 e. The predicted octanol–water partition coefficient (Wildman–Crippen LogP) is 1.84. The first-order valence-electron chi connectivity index (χ1n) is 9.74. The molecule has 9 nitrogen and oxygen atoms in total. The maximum atomic E-state index is 12.4. The Morgan fingerprint density at radius 3 is 2.30 bits per heavy atom. The zero-order valence-corrected chi connectivity index (χ0v) is 17.9. The Hall–Kier alpha value is -2.94. The number of carbonyl (C=O) groups is 4. The summed E-state index contributed by atoms with van der Waals surface area (Å²) in [6.45, 7) is 5.73. The molecular weight excluding hydrogens is 392 g/mol. The summed E-state index contributed by atoms with van der Waals surface area (Å²) in [5.41, 5.74) is 1.06. The molecule has 2 amide bonds. The minimum atomic E-state index is -0.834. The van der Waals surface area contributed by atoms with E-state index in [0.29, 0.717) is 24.2 Å². The average Bonchev–Trinajstić information content (AvgIpc) is 2.73. The highest BCUT2D eigenvalue weighted by atomic mass is 16.5. The molecule has 0 spiro atoms. The summed E-state index contributed by atoms with van der Waals surface area (Å²) in [4.78, 5) is 47.6. The summed E-state index contributed by atoms with van der Waals surface area (Å²) in [6, 6.07) is 5.58. The molecule has 0 aliphatic rings. The molecule has 0 saturated carbocycles. The van der Waals surface area contributed by atoms with Gasteiger partial charge < -0.3 is 24.8 Å². The highest BCUT2D eigenvalue weighted by molar-refractivity contribution is 5.90. The van der Waals surface area contributed by atoms with Crippen LogP contribution in [0.2, 0.25) is 0 Å². The SMILES string of the molecule is CCOCC(=O)CNC(=O)C(CC(C)C)NC(=O)OCc1ccc(C(=O)OC)cc1. The summed E-state index contributed by atoms with van der Waals surface area (Å²) in [6.07, 6.45) is -0.373. The van der Waals surface area contributed by atoms with E-state index in [2.05, 4.69) is 15.4 Å². The molecule has 1 aromatic rings. The fourth-order valence-electron chi connectivity index (χ4n) is 2.47. The van der Waals surface area contributed by atoms with Crippen LogP contribution in [0.4, 0.5) is 4.79 Å². The van der Waals surface area contributed by atoms with Crippen molar-refractivity contribution in [2.45, 2.75) is 39.8 Å². The number of methoxy groups -OCH3 is 1. The molecule has 30 heavy (non-hydrogen) atoms. The molecule has 2 N–H and O–H groups in total. The van der Waals surface area contributed by atoms with Gasteiger partial charge in [0.05, 0.1) is 19.2 Å². The van der Waals surface area contributed by atoms with E-state index >= 15 is 0 Å². The van der Waals surface area contributed by atoms with Gasteiger partial charge in [-0.3, -0.25) is 9.59 Å². The van der Waals surface area contributed by atoms with Gasteiger partial charge in [0.1, 0.15) is 19.3 Å². The monoisotopic (exact) mass is 422 g/mol. The number of Topliss-reactive ketones (excluding diaryl/α,β-unsaturated/α-hetero) is 1. The summed E-state index contributed by atoms with van der Waals surface area (Å²) in [5.74, 6) is -1.05. The molecule has 0 aliphatic heterocycles. The Bertz CT molecular complexity index is 717. The average molecular weight is 422 g/mol. The van der Waals surface area contributed by atoms with Crippen LogP contribution in [0.5, 0.6) is 0 Å². The Labute approximate surface area is 176 Å². The lowest BCUT2D eigenvalue weighted by Crippen LogP contribution is -2.48. The van der Waals surface area contributed by atoms with E-state index in [1.807, 2.05) is 13.8 Å². The fraction of sp³-hybridized carbons (Fsp3) is 0.524. The van der Waals surface area contributed by atoms with Crippen molar-refractivity contribution in [2.24, 2.45) is 5.92 Å². The van der Waals surface area contributed by atoms with E-state index in [1.165, 1.54) is 7.11 Å². The quantitative estimate of drug-likeness (QED) is 0.493. The number of hydrogen-bond acceptors (Lipinski definition) is 7. The molecule has 1 atom stereocenters. The summed E-state index contributed by atoms with van der Waals surface area (Å²) in [5, 5.41) is 5.05. The van der Waals surface area contributed by atoms with Crippen LogP contribution in [0.15, 0.2) is 24.3 Å². The fourth-order valence-corrected chi connectivity index (χ4v) is 2.47. The zero-order valence-electron chi connectivity index (χ0n) is 17.9. The number of esters is 1. The lowest BCUT2D eigenvalue weighted by atomic mass is 10.0. The van der Waals surface area contributed by atoms with Crippen LogP contribution in [0.1, 0.15) is 43.1 Å². The van der Waals surface area contributed by atoms with E-state index in [0.717, 1.165) is 0 Å². The van der Waals surface area contributed by atoms with Gasteiger partial charge in [0, 0.05) is 6.61 Å². The molecule has 0 heterocycles. The highest BCUT2D eigenvalue weighted by Crippen LogP contribution is 2.08. The van der Waals surface area contributed by atoms with Crippen LogP contribution < -0.4 is 10.6 Å². The molecular formula is C21H30N2O7. The topological polar surface area (TPSA) is 120 Å². The van der Waals surface area contributed by atoms with Gasteiger partial charge in [-0.25, -0.2) is 9.59 Å². The van der Waals surface area contributed by atoms with Crippen LogP contribution in [-0.4, -0.2) is 56.7 Å². The van der Waals surface area contributed by atoms with Crippen LogP contribution in [-0.2, 0) is 30.4 Å².